The Balaban J connectivity index is 2.06. The summed E-state index contributed by atoms with van der Waals surface area (Å²) in [6.07, 6.45) is -0.222. The molecule has 1 aromatic heterocycles. The third-order valence-corrected chi connectivity index (χ3v) is 3.02. The predicted octanol–water partition coefficient (Wildman–Crippen LogP) is 3.70. The molecule has 1 heterocycles. The number of nitrogens with zero attached hydrogens (tertiary/aromatic N) is 4. The number of halogens is 3. The van der Waals surface area contributed by atoms with Crippen LogP contribution in [0.2, 0.25) is 0 Å². The fourth-order valence-electron chi connectivity index (χ4n) is 1.94. The van der Waals surface area contributed by atoms with Crippen molar-refractivity contribution in [1.82, 2.24) is 20.2 Å². The molecule has 0 N–H and O–H groups in total. The second-order valence-corrected chi connectivity index (χ2v) is 5.90. The predicted molar refractivity (Wildman–Crippen MR) is 77.0 cm³/mol. The smallest absolute Gasteiger partial charge is 0.224 e. The molecule has 0 fully saturated rings. The second kappa shape index (κ2) is 5.90. The van der Waals surface area contributed by atoms with E-state index in [-0.39, 0.29) is 5.54 Å². The molecule has 0 saturated heterocycles. The highest BCUT2D eigenvalue weighted by molar-refractivity contribution is 5.50. The molecule has 0 aliphatic rings. The molecule has 0 saturated carbocycles. The maximum Gasteiger partial charge on any atom is 0.416 e. The molecule has 118 valence electrons. The van der Waals surface area contributed by atoms with Gasteiger partial charge in [0.05, 0.1) is 11.1 Å². The third-order valence-electron chi connectivity index (χ3n) is 3.02. The first kappa shape index (κ1) is 16.2. The van der Waals surface area contributed by atoms with E-state index in [2.05, 4.69) is 15.5 Å². The van der Waals surface area contributed by atoms with Gasteiger partial charge in [-0.15, -0.1) is 5.10 Å². The van der Waals surface area contributed by atoms with Gasteiger partial charge in [0, 0.05) is 6.42 Å². The Morgan fingerprint density at radius 1 is 1.09 bits per heavy atom. The maximum atomic E-state index is 12.5. The van der Waals surface area contributed by atoms with Gasteiger partial charge in [-0.1, -0.05) is 24.3 Å². The Hall–Kier alpha value is -2.18. The van der Waals surface area contributed by atoms with Crippen molar-refractivity contribution in [3.63, 3.8) is 0 Å². The van der Waals surface area contributed by atoms with Crippen molar-refractivity contribution in [3.05, 3.63) is 47.3 Å². The summed E-state index contributed by atoms with van der Waals surface area (Å²) < 4.78 is 39.1. The van der Waals surface area contributed by atoms with Crippen LogP contribution >= 0.6 is 0 Å². The van der Waals surface area contributed by atoms with E-state index < -0.39 is 11.7 Å². The van der Waals surface area contributed by atoms with Crippen LogP contribution in [0.5, 0.6) is 0 Å². The highest BCUT2D eigenvalue weighted by atomic mass is 19.4. The van der Waals surface area contributed by atoms with Crippen LogP contribution in [0.4, 0.5) is 13.2 Å². The first-order valence-corrected chi connectivity index (χ1v) is 6.79. The number of alkyl halides is 3. The van der Waals surface area contributed by atoms with Gasteiger partial charge in [0.15, 0.2) is 5.82 Å². The maximum absolute atomic E-state index is 12.5. The van der Waals surface area contributed by atoms with E-state index in [0.717, 1.165) is 12.1 Å². The molecule has 1 aromatic carbocycles. The van der Waals surface area contributed by atoms with Crippen LogP contribution in [0.1, 0.15) is 37.7 Å². The van der Waals surface area contributed by atoms with Crippen molar-refractivity contribution in [2.45, 2.75) is 38.9 Å². The topological polar surface area (TPSA) is 43.6 Å². The summed E-state index contributed by atoms with van der Waals surface area (Å²) in [6, 6.07) is 5.01. The van der Waals surface area contributed by atoms with Crippen LogP contribution in [-0.4, -0.2) is 20.2 Å². The van der Waals surface area contributed by atoms with Crippen molar-refractivity contribution in [2.24, 2.45) is 0 Å². The van der Waals surface area contributed by atoms with Gasteiger partial charge in [-0.2, -0.15) is 13.2 Å². The fourth-order valence-corrected chi connectivity index (χ4v) is 1.94. The van der Waals surface area contributed by atoms with Crippen LogP contribution in [-0.2, 0) is 18.1 Å². The third kappa shape index (κ3) is 3.93. The summed E-state index contributed by atoms with van der Waals surface area (Å²) in [5.74, 6) is 0.704. The number of allylic oxidation sites excluding steroid dienone is 1. The molecule has 22 heavy (non-hydrogen) atoms. The summed E-state index contributed by atoms with van der Waals surface area (Å²) >= 11 is 0. The molecule has 0 unspecified atom stereocenters. The van der Waals surface area contributed by atoms with Crippen molar-refractivity contribution in [1.29, 1.82) is 0 Å². The monoisotopic (exact) mass is 310 g/mol. The number of aromatic nitrogens is 4. The average Bonchev–Trinajstić information content (AvgIpc) is 2.87. The SMILES string of the molecule is CC(C)(C)n1nnnc1C/C=C/c1ccc(C(F)(F)F)cc1. The molecule has 0 radical (unpaired) electrons. The van der Waals surface area contributed by atoms with Gasteiger partial charge in [0.25, 0.3) is 0 Å². The lowest BCUT2D eigenvalue weighted by molar-refractivity contribution is -0.137. The summed E-state index contributed by atoms with van der Waals surface area (Å²) in [5.41, 5.74) is -0.176. The molecule has 4 nitrogen and oxygen atoms in total. The average molecular weight is 310 g/mol. The van der Waals surface area contributed by atoms with Crippen molar-refractivity contribution >= 4 is 6.08 Å². The second-order valence-electron chi connectivity index (χ2n) is 5.90. The summed E-state index contributed by atoms with van der Waals surface area (Å²) in [7, 11) is 0. The molecular formula is C15H17F3N4. The Labute approximate surface area is 126 Å². The number of tetrazole rings is 1. The molecule has 0 amide bonds. The Morgan fingerprint density at radius 2 is 1.73 bits per heavy atom. The first-order valence-electron chi connectivity index (χ1n) is 6.79. The fraction of sp³-hybridized carbons (Fsp3) is 0.400. The Morgan fingerprint density at radius 3 is 2.27 bits per heavy atom. The van der Waals surface area contributed by atoms with Gasteiger partial charge in [-0.25, -0.2) is 4.68 Å². The minimum Gasteiger partial charge on any atom is -0.224 e. The molecular weight excluding hydrogens is 293 g/mol. The molecule has 7 heteroatoms. The highest BCUT2D eigenvalue weighted by Crippen LogP contribution is 2.29. The lowest BCUT2D eigenvalue weighted by Crippen LogP contribution is -2.25. The minimum absolute atomic E-state index is 0.221. The van der Waals surface area contributed by atoms with Crippen LogP contribution in [0.25, 0.3) is 6.08 Å². The van der Waals surface area contributed by atoms with Crippen LogP contribution in [0.15, 0.2) is 30.3 Å². The largest absolute Gasteiger partial charge is 0.416 e. The van der Waals surface area contributed by atoms with E-state index in [1.807, 2.05) is 26.8 Å². The number of hydrogen-bond acceptors (Lipinski definition) is 3. The summed E-state index contributed by atoms with van der Waals surface area (Å²) in [5, 5.41) is 11.6. The van der Waals surface area contributed by atoms with Gasteiger partial charge in [-0.3, -0.25) is 0 Å². The van der Waals surface area contributed by atoms with Gasteiger partial charge >= 0.3 is 6.18 Å². The van der Waals surface area contributed by atoms with Crippen molar-refractivity contribution in [2.75, 3.05) is 0 Å². The quantitative estimate of drug-likeness (QED) is 0.868. The molecule has 0 spiro atoms. The molecule has 2 rings (SSSR count). The Bertz CT molecular complexity index is 649. The Kier molecular flexibility index (Phi) is 4.35. The van der Waals surface area contributed by atoms with E-state index >= 15 is 0 Å². The zero-order chi connectivity index (χ0) is 16.4. The molecule has 0 aliphatic heterocycles. The molecule has 2 aromatic rings. The van der Waals surface area contributed by atoms with Crippen molar-refractivity contribution < 1.29 is 13.2 Å². The van der Waals surface area contributed by atoms with E-state index in [9.17, 15) is 13.2 Å². The van der Waals surface area contributed by atoms with Crippen LogP contribution in [0.3, 0.4) is 0 Å². The zero-order valence-corrected chi connectivity index (χ0v) is 12.6. The first-order chi connectivity index (χ1) is 10.2. The zero-order valence-electron chi connectivity index (χ0n) is 12.6. The van der Waals surface area contributed by atoms with Crippen LogP contribution < -0.4 is 0 Å². The van der Waals surface area contributed by atoms with Gasteiger partial charge in [0.2, 0.25) is 0 Å². The molecule has 0 bridgehead atoms. The molecule has 0 aliphatic carbocycles. The van der Waals surface area contributed by atoms with E-state index in [0.29, 0.717) is 17.8 Å². The number of benzene rings is 1. The van der Waals surface area contributed by atoms with E-state index in [1.165, 1.54) is 12.1 Å². The standard InChI is InChI=1S/C15H17F3N4/c1-14(2,3)22-13(19-20-21-22)6-4-5-11-7-9-12(10-8-11)15(16,17)18/h4-5,7-10H,6H2,1-3H3/b5-4+. The lowest BCUT2D eigenvalue weighted by Gasteiger charge is -2.19. The minimum atomic E-state index is -4.31. The van der Waals surface area contributed by atoms with Gasteiger partial charge < -0.3 is 0 Å². The van der Waals surface area contributed by atoms with Crippen molar-refractivity contribution in [3.8, 4) is 0 Å². The summed E-state index contributed by atoms with van der Waals surface area (Å²) in [6.45, 7) is 5.98. The lowest BCUT2D eigenvalue weighted by atomic mass is 10.1. The number of rotatable bonds is 3. The van der Waals surface area contributed by atoms with Crippen LogP contribution in [0, 0.1) is 0 Å². The van der Waals surface area contributed by atoms with E-state index in [4.69, 9.17) is 0 Å². The van der Waals surface area contributed by atoms with Gasteiger partial charge in [0.1, 0.15) is 0 Å². The highest BCUT2D eigenvalue weighted by Gasteiger charge is 2.29. The van der Waals surface area contributed by atoms with E-state index in [1.54, 1.807) is 10.8 Å². The summed E-state index contributed by atoms with van der Waals surface area (Å²) in [4.78, 5) is 0. The van der Waals surface area contributed by atoms with Gasteiger partial charge in [-0.05, 0) is 48.9 Å². The molecule has 0 atom stereocenters. The number of hydrogen-bond donors (Lipinski definition) is 0. The normalized spacial score (nSPS) is 13.0.